The zero-order chi connectivity index (χ0) is 23.8. The molecule has 1 fully saturated rings. The van der Waals surface area contributed by atoms with Gasteiger partial charge in [-0.3, -0.25) is 14.8 Å². The van der Waals surface area contributed by atoms with E-state index in [0.29, 0.717) is 19.5 Å². The van der Waals surface area contributed by atoms with Crippen LogP contribution in [0.25, 0.3) is 10.6 Å². The van der Waals surface area contributed by atoms with E-state index in [9.17, 15) is 9.59 Å². The maximum Gasteiger partial charge on any atom is 0.248 e. The van der Waals surface area contributed by atoms with Crippen LogP contribution in [0, 0.1) is 0 Å². The van der Waals surface area contributed by atoms with Gasteiger partial charge in [0.15, 0.2) is 0 Å². The van der Waals surface area contributed by atoms with Crippen molar-refractivity contribution in [2.45, 2.75) is 38.6 Å². The molecule has 3 heterocycles. The molecular formula is C25H30N4O3S2. The fraction of sp³-hybridized carbons (Fsp3) is 0.400. The number of nitrogens with one attached hydrogen (secondary N) is 1. The summed E-state index contributed by atoms with van der Waals surface area (Å²) in [5.41, 5.74) is 3.54. The Labute approximate surface area is 208 Å². The quantitative estimate of drug-likeness (QED) is 0.326. The van der Waals surface area contributed by atoms with E-state index in [1.807, 2.05) is 52.7 Å². The lowest BCUT2D eigenvalue weighted by Crippen LogP contribution is -2.40. The van der Waals surface area contributed by atoms with Gasteiger partial charge in [-0.25, -0.2) is 10.5 Å². The van der Waals surface area contributed by atoms with Crippen LogP contribution in [-0.4, -0.2) is 58.0 Å². The molecule has 0 radical (unpaired) electrons. The van der Waals surface area contributed by atoms with Crippen molar-refractivity contribution in [1.29, 1.82) is 0 Å². The molecule has 2 N–H and O–H groups in total. The smallest absolute Gasteiger partial charge is 0.248 e. The van der Waals surface area contributed by atoms with Crippen molar-refractivity contribution in [3.05, 3.63) is 63.3 Å². The molecule has 3 aromatic rings. The molecule has 0 aliphatic carbocycles. The highest BCUT2D eigenvalue weighted by atomic mass is 32.1. The Morgan fingerprint density at radius 3 is 2.62 bits per heavy atom. The number of hydroxylamine groups is 1. The van der Waals surface area contributed by atoms with E-state index in [0.717, 1.165) is 45.7 Å². The number of benzene rings is 1. The topological polar surface area (TPSA) is 85.8 Å². The van der Waals surface area contributed by atoms with Crippen molar-refractivity contribution >= 4 is 34.5 Å². The highest BCUT2D eigenvalue weighted by Crippen LogP contribution is 2.30. The van der Waals surface area contributed by atoms with Crippen molar-refractivity contribution in [3.8, 4) is 10.6 Å². The second-order valence-electron chi connectivity index (χ2n) is 8.48. The van der Waals surface area contributed by atoms with Crippen molar-refractivity contribution in [2.24, 2.45) is 0 Å². The Balaban J connectivity index is 1.43. The molecule has 1 aromatic carbocycles. The van der Waals surface area contributed by atoms with Crippen LogP contribution in [0.3, 0.4) is 0 Å². The summed E-state index contributed by atoms with van der Waals surface area (Å²) in [6.45, 7) is 4.30. The SMILES string of the molecule is O=C(Cc1ccc(-c2csc(CN(CCN3CCCCC3)C(=O)Cc3ccccc3)n2)s1)NO. The standard InChI is InChI=1S/C25H30N4O3S2/c30-23(27-32)16-20-9-10-22(34-20)21-18-33-24(26-21)17-29(14-13-28-11-5-2-6-12-28)25(31)15-19-7-3-1-4-8-19/h1,3-4,7-10,18,32H,2,5-6,11-17H2,(H,27,30). The van der Waals surface area contributed by atoms with Gasteiger partial charge in [-0.15, -0.1) is 22.7 Å². The maximum absolute atomic E-state index is 13.2. The van der Waals surface area contributed by atoms with E-state index in [1.54, 1.807) is 16.8 Å². The summed E-state index contributed by atoms with van der Waals surface area (Å²) in [5.74, 6) is -0.318. The van der Waals surface area contributed by atoms with Crippen LogP contribution in [0.4, 0.5) is 0 Å². The Hall–Kier alpha value is -2.59. The van der Waals surface area contributed by atoms with Gasteiger partial charge < -0.3 is 9.80 Å². The number of nitrogens with zero attached hydrogens (tertiary/aromatic N) is 3. The summed E-state index contributed by atoms with van der Waals surface area (Å²) in [6.07, 6.45) is 4.29. The van der Waals surface area contributed by atoms with Gasteiger partial charge in [0.25, 0.3) is 0 Å². The van der Waals surface area contributed by atoms with E-state index < -0.39 is 5.91 Å². The average molecular weight is 499 g/mol. The van der Waals surface area contributed by atoms with E-state index >= 15 is 0 Å². The predicted octanol–water partition coefficient (Wildman–Crippen LogP) is 3.98. The molecule has 1 aliphatic rings. The predicted molar refractivity (Wildman–Crippen MR) is 135 cm³/mol. The molecule has 4 rings (SSSR count). The average Bonchev–Trinajstić information content (AvgIpc) is 3.52. The van der Waals surface area contributed by atoms with Crippen LogP contribution in [-0.2, 0) is 29.0 Å². The second kappa shape index (κ2) is 12.2. The van der Waals surface area contributed by atoms with Gasteiger partial charge in [0.1, 0.15) is 5.01 Å². The minimum atomic E-state index is -0.436. The lowest BCUT2D eigenvalue weighted by atomic mass is 10.1. The summed E-state index contributed by atoms with van der Waals surface area (Å²) in [7, 11) is 0. The second-order valence-corrected chi connectivity index (χ2v) is 10.6. The summed E-state index contributed by atoms with van der Waals surface area (Å²) >= 11 is 3.04. The van der Waals surface area contributed by atoms with Crippen molar-refractivity contribution in [3.63, 3.8) is 0 Å². The minimum Gasteiger partial charge on any atom is -0.334 e. The number of hydrogen-bond acceptors (Lipinski definition) is 7. The zero-order valence-electron chi connectivity index (χ0n) is 19.1. The first-order valence-corrected chi connectivity index (χ1v) is 13.3. The highest BCUT2D eigenvalue weighted by molar-refractivity contribution is 7.16. The molecule has 1 saturated heterocycles. The molecular weight excluding hydrogens is 468 g/mol. The molecule has 180 valence electrons. The lowest BCUT2D eigenvalue weighted by molar-refractivity contribution is -0.131. The van der Waals surface area contributed by atoms with Crippen LogP contribution in [0.2, 0.25) is 0 Å². The van der Waals surface area contributed by atoms with Gasteiger partial charge in [0, 0.05) is 23.3 Å². The first kappa shape index (κ1) is 24.5. The Morgan fingerprint density at radius 1 is 1.06 bits per heavy atom. The van der Waals surface area contributed by atoms with Crippen LogP contribution in [0.5, 0.6) is 0 Å². The molecule has 0 bridgehead atoms. The fourth-order valence-corrected chi connectivity index (χ4v) is 5.94. The number of likely N-dealkylation sites (tertiary alicyclic amines) is 1. The van der Waals surface area contributed by atoms with Crippen LogP contribution in [0.15, 0.2) is 47.8 Å². The van der Waals surface area contributed by atoms with E-state index in [2.05, 4.69) is 4.90 Å². The molecule has 0 unspecified atom stereocenters. The third-order valence-electron chi connectivity index (χ3n) is 5.94. The largest absolute Gasteiger partial charge is 0.334 e. The van der Waals surface area contributed by atoms with Gasteiger partial charge >= 0.3 is 0 Å². The van der Waals surface area contributed by atoms with Gasteiger partial charge in [-0.2, -0.15) is 0 Å². The number of rotatable bonds is 10. The van der Waals surface area contributed by atoms with E-state index in [1.165, 1.54) is 30.6 Å². The lowest BCUT2D eigenvalue weighted by Gasteiger charge is -2.30. The number of thiophene rings is 1. The molecule has 7 nitrogen and oxygen atoms in total. The van der Waals surface area contributed by atoms with Crippen LogP contribution >= 0.6 is 22.7 Å². The van der Waals surface area contributed by atoms with E-state index in [4.69, 9.17) is 10.2 Å². The van der Waals surface area contributed by atoms with E-state index in [-0.39, 0.29) is 12.3 Å². The molecule has 1 aliphatic heterocycles. The molecule has 2 aromatic heterocycles. The van der Waals surface area contributed by atoms with Crippen molar-refractivity contribution in [1.82, 2.24) is 20.3 Å². The number of amides is 2. The molecule has 2 amide bonds. The number of carbonyl (C=O) groups excluding carboxylic acids is 2. The number of carbonyl (C=O) groups is 2. The van der Waals surface area contributed by atoms with Gasteiger partial charge in [-0.05, 0) is 43.6 Å². The Morgan fingerprint density at radius 2 is 1.85 bits per heavy atom. The maximum atomic E-state index is 13.2. The number of hydrogen-bond donors (Lipinski definition) is 2. The molecule has 0 atom stereocenters. The molecule has 9 heteroatoms. The monoisotopic (exact) mass is 498 g/mol. The Bertz CT molecular complexity index is 1080. The summed E-state index contributed by atoms with van der Waals surface area (Å²) in [4.78, 5) is 35.7. The molecule has 0 spiro atoms. The third-order valence-corrected chi connectivity index (χ3v) is 7.88. The van der Waals surface area contributed by atoms with Gasteiger partial charge in [0.2, 0.25) is 11.8 Å². The van der Waals surface area contributed by atoms with Gasteiger partial charge in [0.05, 0.1) is 30.0 Å². The minimum absolute atomic E-state index is 0.119. The first-order valence-electron chi connectivity index (χ1n) is 11.6. The zero-order valence-corrected chi connectivity index (χ0v) is 20.7. The van der Waals surface area contributed by atoms with Gasteiger partial charge in [-0.1, -0.05) is 36.8 Å². The number of piperidine rings is 1. The third kappa shape index (κ3) is 6.96. The summed E-state index contributed by atoms with van der Waals surface area (Å²) < 4.78 is 0. The molecule has 0 saturated carbocycles. The fourth-order valence-electron chi connectivity index (χ4n) is 4.09. The summed E-state index contributed by atoms with van der Waals surface area (Å²) in [6, 6.07) is 13.7. The Kier molecular flexibility index (Phi) is 8.81. The number of aromatic nitrogens is 1. The molecule has 34 heavy (non-hydrogen) atoms. The normalized spacial score (nSPS) is 14.1. The highest BCUT2D eigenvalue weighted by Gasteiger charge is 2.19. The number of thiazole rings is 1. The summed E-state index contributed by atoms with van der Waals surface area (Å²) in [5, 5.41) is 11.6. The van der Waals surface area contributed by atoms with Crippen LogP contribution in [0.1, 0.15) is 34.7 Å². The van der Waals surface area contributed by atoms with Crippen LogP contribution < -0.4 is 5.48 Å². The van der Waals surface area contributed by atoms with Crippen molar-refractivity contribution < 1.29 is 14.8 Å². The first-order chi connectivity index (χ1) is 16.6. The van der Waals surface area contributed by atoms with Crippen molar-refractivity contribution in [2.75, 3.05) is 26.2 Å².